The molecule has 0 bridgehead atoms. The van der Waals surface area contributed by atoms with Crippen LogP contribution in [0.3, 0.4) is 0 Å². The zero-order valence-corrected chi connectivity index (χ0v) is 14.3. The third kappa shape index (κ3) is 2.06. The fraction of sp³-hybridized carbons (Fsp3) is 0.750. The molecule has 0 spiro atoms. The number of rotatable bonds is 4. The molecular weight excluding hydrogens is 272 g/mol. The Morgan fingerprint density at radius 3 is 2.64 bits per heavy atom. The van der Waals surface area contributed by atoms with Gasteiger partial charge in [0.05, 0.1) is 0 Å². The molecule has 0 aliphatic heterocycles. The molecule has 5 atom stereocenters. The van der Waals surface area contributed by atoms with E-state index in [1.54, 1.807) is 5.57 Å². The van der Waals surface area contributed by atoms with Crippen molar-refractivity contribution in [2.45, 2.75) is 59.3 Å². The number of hydrogen-bond donors (Lipinski definition) is 1. The molecule has 0 radical (unpaired) electrons. The van der Waals surface area contributed by atoms with Gasteiger partial charge < -0.3 is 9.90 Å². The van der Waals surface area contributed by atoms with Crippen LogP contribution in [-0.2, 0) is 4.79 Å². The van der Waals surface area contributed by atoms with Crippen LogP contribution in [0.4, 0.5) is 0 Å². The first-order valence-electron chi connectivity index (χ1n) is 8.98. The van der Waals surface area contributed by atoms with Crippen LogP contribution in [0, 0.1) is 28.6 Å². The van der Waals surface area contributed by atoms with E-state index in [2.05, 4.69) is 32.9 Å². The normalized spacial score (nSPS) is 43.9. The number of aldehydes is 1. The van der Waals surface area contributed by atoms with Gasteiger partial charge in [-0.05, 0) is 61.2 Å². The molecule has 0 aromatic heterocycles. The van der Waals surface area contributed by atoms with E-state index in [4.69, 9.17) is 0 Å². The Hall–Kier alpha value is -0.890. The van der Waals surface area contributed by atoms with Gasteiger partial charge in [0, 0.05) is 12.5 Å². The molecule has 3 aliphatic carbocycles. The van der Waals surface area contributed by atoms with Crippen molar-refractivity contribution in [1.82, 2.24) is 0 Å². The summed E-state index contributed by atoms with van der Waals surface area (Å²) in [5.41, 5.74) is 3.39. The average Bonchev–Trinajstić information content (AvgIpc) is 2.86. The Morgan fingerprint density at radius 2 is 2.00 bits per heavy atom. The predicted octanol–water partition coefficient (Wildman–Crippen LogP) is 4.29. The molecule has 0 saturated heterocycles. The molecule has 122 valence electrons. The fourth-order valence-corrected chi connectivity index (χ4v) is 5.75. The first kappa shape index (κ1) is 16.0. The maximum Gasteiger partial charge on any atom is 0.123 e. The number of aliphatic hydroxyl groups excluding tert-OH is 1. The minimum Gasteiger partial charge on any atom is -0.396 e. The maximum atomic E-state index is 11.5. The highest BCUT2D eigenvalue weighted by Crippen LogP contribution is 2.63. The molecule has 2 heteroatoms. The highest BCUT2D eigenvalue weighted by atomic mass is 16.3. The number of allylic oxidation sites excluding steroid dienone is 3. The van der Waals surface area contributed by atoms with Gasteiger partial charge in [-0.2, -0.15) is 0 Å². The van der Waals surface area contributed by atoms with Crippen molar-refractivity contribution in [3.8, 4) is 0 Å². The van der Waals surface area contributed by atoms with Crippen molar-refractivity contribution >= 4 is 6.29 Å². The van der Waals surface area contributed by atoms with Crippen LogP contribution in [0.1, 0.15) is 59.3 Å². The van der Waals surface area contributed by atoms with Crippen molar-refractivity contribution in [2.75, 3.05) is 6.61 Å². The molecule has 0 aromatic carbocycles. The molecule has 1 N–H and O–H groups in total. The van der Waals surface area contributed by atoms with Gasteiger partial charge in [-0.25, -0.2) is 0 Å². The summed E-state index contributed by atoms with van der Waals surface area (Å²) in [5, 5.41) is 9.40. The highest BCUT2D eigenvalue weighted by molar-refractivity contribution is 5.57. The number of aliphatic hydroxyl groups is 1. The predicted molar refractivity (Wildman–Crippen MR) is 89.4 cm³/mol. The van der Waals surface area contributed by atoms with E-state index >= 15 is 0 Å². The van der Waals surface area contributed by atoms with Gasteiger partial charge in [0.2, 0.25) is 0 Å². The summed E-state index contributed by atoms with van der Waals surface area (Å²) in [7, 11) is 0. The number of carbonyl (C=O) groups is 1. The van der Waals surface area contributed by atoms with Crippen LogP contribution in [0.5, 0.6) is 0 Å². The molecule has 2 nitrogen and oxygen atoms in total. The lowest BCUT2D eigenvalue weighted by atomic mass is 9.52. The Balaban J connectivity index is 2.00. The van der Waals surface area contributed by atoms with Gasteiger partial charge in [0.1, 0.15) is 6.29 Å². The SMILES string of the molecule is CCC1(C)C(CCO)=CC=C2C1CCC1(C)C(C=O)CCC21. The third-order valence-corrected chi connectivity index (χ3v) is 7.45. The molecule has 22 heavy (non-hydrogen) atoms. The Kier molecular flexibility index (Phi) is 4.09. The Bertz CT molecular complexity index is 518. The molecule has 0 aromatic rings. The molecule has 2 saturated carbocycles. The standard InChI is InChI=1S/C20H30O2/c1-4-19(2)14(10-12-21)5-7-16-17-8-6-15(13-22)20(17,3)11-9-18(16)19/h5,7,13,15,17-18,21H,4,6,8-12H2,1-3H3. The van der Waals surface area contributed by atoms with Gasteiger partial charge in [-0.3, -0.25) is 0 Å². The number of carbonyl (C=O) groups excluding carboxylic acids is 1. The van der Waals surface area contributed by atoms with Gasteiger partial charge in [0.15, 0.2) is 0 Å². The Morgan fingerprint density at radius 1 is 1.23 bits per heavy atom. The lowest BCUT2D eigenvalue weighted by molar-refractivity contribution is -0.114. The lowest BCUT2D eigenvalue weighted by Gasteiger charge is -2.52. The minimum absolute atomic E-state index is 0.182. The first-order valence-corrected chi connectivity index (χ1v) is 8.98. The van der Waals surface area contributed by atoms with Gasteiger partial charge in [-0.1, -0.05) is 44.1 Å². The van der Waals surface area contributed by atoms with Gasteiger partial charge in [-0.15, -0.1) is 0 Å². The zero-order valence-electron chi connectivity index (χ0n) is 14.3. The minimum atomic E-state index is 0.182. The quantitative estimate of drug-likeness (QED) is 0.786. The second kappa shape index (κ2) is 5.63. The summed E-state index contributed by atoms with van der Waals surface area (Å²) < 4.78 is 0. The van der Waals surface area contributed by atoms with E-state index < -0.39 is 0 Å². The molecule has 0 amide bonds. The van der Waals surface area contributed by atoms with Crippen LogP contribution in [0.25, 0.3) is 0 Å². The largest absolute Gasteiger partial charge is 0.396 e. The van der Waals surface area contributed by atoms with E-state index in [-0.39, 0.29) is 23.4 Å². The fourth-order valence-electron chi connectivity index (χ4n) is 5.75. The van der Waals surface area contributed by atoms with E-state index in [1.165, 1.54) is 31.1 Å². The monoisotopic (exact) mass is 302 g/mol. The summed E-state index contributed by atoms with van der Waals surface area (Å²) in [5.74, 6) is 1.43. The average molecular weight is 302 g/mol. The molecule has 2 fully saturated rings. The zero-order chi connectivity index (χ0) is 16.0. The van der Waals surface area contributed by atoms with Crippen LogP contribution in [0.15, 0.2) is 23.3 Å². The first-order chi connectivity index (χ1) is 10.5. The highest BCUT2D eigenvalue weighted by Gasteiger charge is 2.55. The summed E-state index contributed by atoms with van der Waals surface area (Å²) in [4.78, 5) is 11.5. The summed E-state index contributed by atoms with van der Waals surface area (Å²) in [6.07, 6.45) is 12.4. The van der Waals surface area contributed by atoms with Crippen LogP contribution < -0.4 is 0 Å². The second-order valence-electron chi connectivity index (χ2n) is 8.07. The summed E-state index contributed by atoms with van der Waals surface area (Å²) in [6, 6.07) is 0. The third-order valence-electron chi connectivity index (χ3n) is 7.45. The van der Waals surface area contributed by atoms with Crippen molar-refractivity contribution in [2.24, 2.45) is 28.6 Å². The van der Waals surface area contributed by atoms with E-state index in [9.17, 15) is 9.90 Å². The van der Waals surface area contributed by atoms with Crippen molar-refractivity contribution < 1.29 is 9.90 Å². The van der Waals surface area contributed by atoms with Gasteiger partial charge in [0.25, 0.3) is 0 Å². The molecule has 3 aliphatic rings. The van der Waals surface area contributed by atoms with E-state index in [0.717, 1.165) is 19.3 Å². The lowest BCUT2D eigenvalue weighted by Crippen LogP contribution is -2.44. The van der Waals surface area contributed by atoms with Crippen LogP contribution in [-0.4, -0.2) is 18.0 Å². The maximum absolute atomic E-state index is 11.5. The van der Waals surface area contributed by atoms with E-state index in [1.807, 2.05) is 0 Å². The van der Waals surface area contributed by atoms with Crippen molar-refractivity contribution in [1.29, 1.82) is 0 Å². The van der Waals surface area contributed by atoms with E-state index in [0.29, 0.717) is 11.8 Å². The number of fused-ring (bicyclic) bond motifs is 3. The smallest absolute Gasteiger partial charge is 0.123 e. The van der Waals surface area contributed by atoms with Gasteiger partial charge >= 0.3 is 0 Å². The number of hydrogen-bond acceptors (Lipinski definition) is 2. The second-order valence-corrected chi connectivity index (χ2v) is 8.07. The topological polar surface area (TPSA) is 37.3 Å². The van der Waals surface area contributed by atoms with Crippen molar-refractivity contribution in [3.63, 3.8) is 0 Å². The molecule has 3 rings (SSSR count). The van der Waals surface area contributed by atoms with Crippen LogP contribution in [0.2, 0.25) is 0 Å². The summed E-state index contributed by atoms with van der Waals surface area (Å²) >= 11 is 0. The molecule has 0 heterocycles. The van der Waals surface area contributed by atoms with Crippen LogP contribution >= 0.6 is 0 Å². The molecular formula is C20H30O2. The summed E-state index contributed by atoms with van der Waals surface area (Å²) in [6.45, 7) is 7.26. The Labute approximate surface area is 134 Å². The molecule has 5 unspecified atom stereocenters. The van der Waals surface area contributed by atoms with Crippen molar-refractivity contribution in [3.05, 3.63) is 23.3 Å².